The van der Waals surface area contributed by atoms with Gasteiger partial charge >= 0.3 is 17.9 Å². The number of carbonyl (C=O) groups excluding carboxylic acids is 1. The SMILES string of the molecule is CC[C@H]1C=CCC[C@@]2(C[C@@H]3CC[C@@H]4[C@H](C(=O)OCCCCCCCCCCCCCCCCC(=O)O)[C@]5(CCCCO5)NC(=[N+]34)N2)O1. The number of guanidine groups is 1. The van der Waals surface area contributed by atoms with Crippen LogP contribution in [0.2, 0.25) is 0 Å². The molecule has 0 amide bonds. The molecule has 3 N–H and O–H groups in total. The number of carboxylic acid groups (broad SMARTS) is 1. The number of nitrogens with zero attached hydrogens (tertiary/aromatic N) is 1. The molecule has 2 fully saturated rings. The molecule has 0 aliphatic carbocycles. The van der Waals surface area contributed by atoms with Crippen LogP contribution < -0.4 is 10.6 Å². The molecule has 47 heavy (non-hydrogen) atoms. The van der Waals surface area contributed by atoms with Gasteiger partial charge in [0, 0.05) is 25.7 Å². The Labute approximate surface area is 283 Å². The second kappa shape index (κ2) is 18.0. The topological polar surface area (TPSA) is 109 Å². The lowest BCUT2D eigenvalue weighted by atomic mass is 9.81. The Kier molecular flexibility index (Phi) is 13.9. The van der Waals surface area contributed by atoms with Crippen LogP contribution in [0.3, 0.4) is 0 Å². The summed E-state index contributed by atoms with van der Waals surface area (Å²) in [7, 11) is 0. The molecule has 0 bridgehead atoms. The van der Waals surface area contributed by atoms with Gasteiger partial charge in [0.15, 0.2) is 11.6 Å². The first-order chi connectivity index (χ1) is 23.0. The summed E-state index contributed by atoms with van der Waals surface area (Å²) in [6.45, 7) is 3.35. The van der Waals surface area contributed by atoms with E-state index in [2.05, 4.69) is 34.3 Å². The van der Waals surface area contributed by atoms with E-state index < -0.39 is 17.4 Å². The van der Waals surface area contributed by atoms with Crippen molar-refractivity contribution in [3.63, 3.8) is 0 Å². The van der Waals surface area contributed by atoms with Gasteiger partial charge in [0.05, 0.1) is 31.4 Å². The quantitative estimate of drug-likeness (QED) is 0.0574. The standard InChI is InChI=1S/C38H63N3O6/c1-2-31-21-16-17-25-37(47-31)29-30-23-24-32-34(38(26-18-20-28-46-38)40-36(39-37)41(30)32)35(44)45-27-19-14-12-10-8-6-4-3-5-7-9-11-13-15-22-33(42)43/h16,21,30-32,34H,2-15,17-20,22-29H2,1H3,(H2,39,40,42,43)/p+1/t30-,31-,32+,34+,37-,38+/m0/s1. The zero-order valence-electron chi connectivity index (χ0n) is 29.3. The molecule has 5 aliphatic heterocycles. The predicted octanol–water partition coefficient (Wildman–Crippen LogP) is 7.32. The number of hydrogen-bond acceptors (Lipinski definition) is 7. The van der Waals surface area contributed by atoms with Gasteiger partial charge in [-0.2, -0.15) is 0 Å². The van der Waals surface area contributed by atoms with Crippen molar-refractivity contribution in [2.75, 3.05) is 13.2 Å². The van der Waals surface area contributed by atoms with Crippen LogP contribution in [0.15, 0.2) is 12.2 Å². The number of nitrogens with one attached hydrogen (secondary N) is 2. The Morgan fingerprint density at radius 3 is 2.23 bits per heavy atom. The minimum atomic E-state index is -0.721. The lowest BCUT2D eigenvalue weighted by Crippen LogP contribution is -2.76. The normalized spacial score (nSPS) is 31.3. The highest BCUT2D eigenvalue weighted by molar-refractivity contribution is 5.82. The minimum absolute atomic E-state index is 0.0846. The maximum atomic E-state index is 13.9. The highest BCUT2D eigenvalue weighted by Crippen LogP contribution is 2.45. The molecule has 5 aliphatic rings. The molecular formula is C38H64N3O6+. The zero-order valence-corrected chi connectivity index (χ0v) is 29.3. The molecule has 6 atom stereocenters. The van der Waals surface area contributed by atoms with E-state index in [4.69, 9.17) is 19.3 Å². The summed E-state index contributed by atoms with van der Waals surface area (Å²) in [4.78, 5) is 24.4. The average Bonchev–Trinajstić information content (AvgIpc) is 3.36. The first-order valence-electron chi connectivity index (χ1n) is 19.5. The summed E-state index contributed by atoms with van der Waals surface area (Å²) in [5.74, 6) is -0.100. The predicted molar refractivity (Wildman–Crippen MR) is 183 cm³/mol. The van der Waals surface area contributed by atoms with Gasteiger partial charge in [-0.15, -0.1) is 0 Å². The van der Waals surface area contributed by atoms with E-state index >= 15 is 0 Å². The lowest BCUT2D eigenvalue weighted by molar-refractivity contribution is -0.609. The summed E-state index contributed by atoms with van der Waals surface area (Å²) in [6.07, 6.45) is 30.2. The number of ether oxygens (including phenoxy) is 3. The molecule has 9 heteroatoms. The van der Waals surface area contributed by atoms with Gasteiger partial charge in [0.2, 0.25) is 5.72 Å². The molecule has 2 spiro atoms. The van der Waals surface area contributed by atoms with Crippen LogP contribution in [0, 0.1) is 5.92 Å². The van der Waals surface area contributed by atoms with Crippen LogP contribution in [0.1, 0.15) is 161 Å². The van der Waals surface area contributed by atoms with Gasteiger partial charge in [-0.3, -0.25) is 14.2 Å². The Morgan fingerprint density at radius 1 is 0.915 bits per heavy atom. The number of aliphatic carboxylic acids is 1. The number of rotatable bonds is 19. The molecule has 2 saturated heterocycles. The summed E-state index contributed by atoms with van der Waals surface area (Å²) in [5.41, 5.74) is -1.11. The first-order valence-corrected chi connectivity index (χ1v) is 19.5. The maximum Gasteiger partial charge on any atom is 0.350 e. The van der Waals surface area contributed by atoms with Gasteiger partial charge in [-0.25, -0.2) is 10.6 Å². The molecule has 0 aromatic rings. The number of carbonyl (C=O) groups is 2. The van der Waals surface area contributed by atoms with E-state index in [9.17, 15) is 9.59 Å². The van der Waals surface area contributed by atoms with Gasteiger partial charge < -0.3 is 19.3 Å². The fourth-order valence-electron chi connectivity index (χ4n) is 8.87. The Bertz CT molecular complexity index is 1070. The molecule has 0 radical (unpaired) electrons. The molecule has 5 heterocycles. The zero-order chi connectivity index (χ0) is 33.0. The van der Waals surface area contributed by atoms with Crippen LogP contribution >= 0.6 is 0 Å². The van der Waals surface area contributed by atoms with Crippen molar-refractivity contribution in [2.45, 2.75) is 191 Å². The highest BCUT2D eigenvalue weighted by Gasteiger charge is 2.64. The monoisotopic (exact) mass is 658 g/mol. The van der Waals surface area contributed by atoms with Crippen molar-refractivity contribution in [3.05, 3.63) is 12.2 Å². The number of esters is 1. The third-order valence-electron chi connectivity index (χ3n) is 11.4. The molecule has 0 unspecified atom stereocenters. The van der Waals surface area contributed by atoms with E-state index in [-0.39, 0.29) is 24.0 Å². The number of hydrogen-bond donors (Lipinski definition) is 3. The number of allylic oxidation sites excluding steroid dienone is 1. The summed E-state index contributed by atoms with van der Waals surface area (Å²) >= 11 is 0. The van der Waals surface area contributed by atoms with Crippen molar-refractivity contribution < 1.29 is 33.5 Å². The van der Waals surface area contributed by atoms with E-state index in [0.717, 1.165) is 89.4 Å². The fourth-order valence-corrected chi connectivity index (χ4v) is 8.87. The summed E-state index contributed by atoms with van der Waals surface area (Å²) in [5, 5.41) is 16.3. The van der Waals surface area contributed by atoms with Gasteiger partial charge in [-0.05, 0) is 51.4 Å². The van der Waals surface area contributed by atoms with Crippen LogP contribution in [0.25, 0.3) is 0 Å². The molecular weight excluding hydrogens is 594 g/mol. The van der Waals surface area contributed by atoms with Gasteiger partial charge in [0.25, 0.3) is 0 Å². The molecule has 0 aromatic heterocycles. The summed E-state index contributed by atoms with van der Waals surface area (Å²) in [6, 6.07) is 0.429. The van der Waals surface area contributed by atoms with E-state index in [1.54, 1.807) is 0 Å². The maximum absolute atomic E-state index is 13.9. The fraction of sp³-hybridized carbons (Fsp3) is 0.868. The van der Waals surface area contributed by atoms with Crippen molar-refractivity contribution in [1.82, 2.24) is 10.6 Å². The molecule has 5 rings (SSSR count). The smallest absolute Gasteiger partial charge is 0.350 e. The molecule has 266 valence electrons. The van der Waals surface area contributed by atoms with E-state index in [1.165, 1.54) is 64.2 Å². The Morgan fingerprint density at radius 2 is 1.60 bits per heavy atom. The van der Waals surface area contributed by atoms with E-state index in [0.29, 0.717) is 25.7 Å². The molecule has 0 saturated carbocycles. The van der Waals surface area contributed by atoms with Crippen molar-refractivity contribution in [3.8, 4) is 0 Å². The molecule has 0 aromatic carbocycles. The van der Waals surface area contributed by atoms with Crippen LogP contribution in [-0.4, -0.2) is 70.4 Å². The summed E-state index contributed by atoms with van der Waals surface area (Å²) < 4.78 is 21.8. The lowest BCUT2D eigenvalue weighted by Gasteiger charge is -2.49. The van der Waals surface area contributed by atoms with E-state index in [1.807, 2.05) is 0 Å². The van der Waals surface area contributed by atoms with Gasteiger partial charge in [0.1, 0.15) is 0 Å². The number of carboxylic acids is 1. The largest absolute Gasteiger partial charge is 0.481 e. The van der Waals surface area contributed by atoms with Crippen molar-refractivity contribution in [2.24, 2.45) is 5.92 Å². The third-order valence-corrected chi connectivity index (χ3v) is 11.4. The second-order valence-corrected chi connectivity index (χ2v) is 15.0. The Hall–Kier alpha value is -2.13. The van der Waals surface area contributed by atoms with Crippen LogP contribution in [0.5, 0.6) is 0 Å². The van der Waals surface area contributed by atoms with Gasteiger partial charge in [-0.1, -0.05) is 96.1 Å². The number of unbranched alkanes of at least 4 members (excludes halogenated alkanes) is 13. The first kappa shape index (κ1) is 36.2. The highest BCUT2D eigenvalue weighted by atomic mass is 16.5. The third kappa shape index (κ3) is 9.74. The average molecular weight is 659 g/mol. The van der Waals surface area contributed by atoms with Crippen molar-refractivity contribution >= 4 is 17.9 Å². The second-order valence-electron chi connectivity index (χ2n) is 15.0. The minimum Gasteiger partial charge on any atom is -0.481 e. The van der Waals surface area contributed by atoms with Crippen LogP contribution in [0.4, 0.5) is 0 Å². The molecule has 9 nitrogen and oxygen atoms in total. The van der Waals surface area contributed by atoms with Crippen LogP contribution in [-0.2, 0) is 23.8 Å². The van der Waals surface area contributed by atoms with Crippen molar-refractivity contribution in [1.29, 1.82) is 0 Å². The Balaban J connectivity index is 1.01.